The molecular weight excluding hydrogens is 280 g/mol. The molecule has 2 aromatic heterocycles. The van der Waals surface area contributed by atoms with Gasteiger partial charge in [0.05, 0.1) is 21.8 Å². The third-order valence-electron chi connectivity index (χ3n) is 3.98. The molecule has 0 atom stereocenters. The van der Waals surface area contributed by atoms with Crippen LogP contribution in [0.5, 0.6) is 0 Å². The third-order valence-corrected chi connectivity index (χ3v) is 4.88. The van der Waals surface area contributed by atoms with Crippen molar-refractivity contribution >= 4 is 17.2 Å². The molecule has 3 rings (SSSR count). The van der Waals surface area contributed by atoms with Gasteiger partial charge < -0.3 is 4.90 Å². The monoisotopic (exact) mass is 300 g/mol. The van der Waals surface area contributed by atoms with Crippen molar-refractivity contribution in [2.45, 2.75) is 32.6 Å². The molecule has 0 spiro atoms. The Morgan fingerprint density at radius 1 is 1.14 bits per heavy atom. The van der Waals surface area contributed by atoms with Crippen LogP contribution < -0.4 is 0 Å². The van der Waals surface area contributed by atoms with Gasteiger partial charge in [-0.15, -0.1) is 11.3 Å². The van der Waals surface area contributed by atoms with Crippen molar-refractivity contribution in [2.24, 2.45) is 0 Å². The quantitative estimate of drug-likeness (QED) is 0.835. The second kappa shape index (κ2) is 6.39. The number of likely N-dealkylation sites (tertiary alicyclic amines) is 1. The molecule has 110 valence electrons. The lowest BCUT2D eigenvalue weighted by atomic mass is 10.1. The lowest BCUT2D eigenvalue weighted by molar-refractivity contribution is 0.0760. The first-order chi connectivity index (χ1) is 10.3. The summed E-state index contributed by atoms with van der Waals surface area (Å²) in [6, 6.07) is 7.98. The van der Waals surface area contributed by atoms with E-state index in [1.54, 1.807) is 11.3 Å². The number of amides is 1. The highest BCUT2D eigenvalue weighted by Gasteiger charge is 2.19. The number of pyridine rings is 1. The van der Waals surface area contributed by atoms with Crippen LogP contribution in [0, 0.1) is 6.92 Å². The van der Waals surface area contributed by atoms with Crippen LogP contribution in [-0.4, -0.2) is 28.9 Å². The highest BCUT2D eigenvalue weighted by Crippen LogP contribution is 2.24. The van der Waals surface area contributed by atoms with E-state index >= 15 is 0 Å². The molecule has 0 aromatic carbocycles. The van der Waals surface area contributed by atoms with E-state index in [2.05, 4.69) is 11.1 Å². The van der Waals surface area contributed by atoms with Crippen LogP contribution in [0.2, 0.25) is 0 Å². The van der Waals surface area contributed by atoms with E-state index in [9.17, 15) is 4.79 Å². The molecule has 3 nitrogen and oxygen atoms in total. The Kier molecular flexibility index (Phi) is 4.34. The highest BCUT2D eigenvalue weighted by atomic mass is 32.1. The summed E-state index contributed by atoms with van der Waals surface area (Å²) >= 11 is 1.67. The van der Waals surface area contributed by atoms with Crippen molar-refractivity contribution in [1.82, 2.24) is 9.88 Å². The molecule has 1 fully saturated rings. The predicted molar refractivity (Wildman–Crippen MR) is 86.7 cm³/mol. The van der Waals surface area contributed by atoms with Crippen molar-refractivity contribution in [1.29, 1.82) is 0 Å². The van der Waals surface area contributed by atoms with E-state index in [0.717, 1.165) is 47.8 Å². The van der Waals surface area contributed by atoms with Gasteiger partial charge in [-0.3, -0.25) is 9.78 Å². The van der Waals surface area contributed by atoms with Crippen molar-refractivity contribution in [3.8, 4) is 10.6 Å². The summed E-state index contributed by atoms with van der Waals surface area (Å²) in [4.78, 5) is 20.4. The summed E-state index contributed by atoms with van der Waals surface area (Å²) in [5.74, 6) is 0.139. The highest BCUT2D eigenvalue weighted by molar-refractivity contribution is 7.13. The van der Waals surface area contributed by atoms with Gasteiger partial charge in [-0.2, -0.15) is 0 Å². The van der Waals surface area contributed by atoms with Gasteiger partial charge in [0.1, 0.15) is 0 Å². The Bertz CT molecular complexity index is 614. The SMILES string of the molecule is Cc1nc(-c2cccs2)ccc1C(=O)N1CCCCCC1. The molecule has 4 heteroatoms. The molecular formula is C17H20N2OS. The van der Waals surface area contributed by atoms with Crippen molar-refractivity contribution in [2.75, 3.05) is 13.1 Å². The molecule has 0 bridgehead atoms. The van der Waals surface area contributed by atoms with Gasteiger partial charge in [-0.1, -0.05) is 18.9 Å². The maximum absolute atomic E-state index is 12.7. The lowest BCUT2D eigenvalue weighted by Gasteiger charge is -2.21. The molecule has 1 aliphatic rings. The average molecular weight is 300 g/mol. The maximum Gasteiger partial charge on any atom is 0.255 e. The first-order valence-electron chi connectivity index (χ1n) is 7.56. The summed E-state index contributed by atoms with van der Waals surface area (Å²) < 4.78 is 0. The van der Waals surface area contributed by atoms with Crippen LogP contribution >= 0.6 is 11.3 Å². The Balaban J connectivity index is 1.83. The fourth-order valence-corrected chi connectivity index (χ4v) is 3.49. The van der Waals surface area contributed by atoms with Gasteiger partial charge >= 0.3 is 0 Å². The van der Waals surface area contributed by atoms with Crippen LogP contribution in [0.4, 0.5) is 0 Å². The predicted octanol–water partition coefficient (Wildman–Crippen LogP) is 4.13. The number of aryl methyl sites for hydroxylation is 1. The zero-order valence-corrected chi connectivity index (χ0v) is 13.2. The first kappa shape index (κ1) is 14.3. The summed E-state index contributed by atoms with van der Waals surface area (Å²) in [7, 11) is 0. The minimum atomic E-state index is 0.139. The third kappa shape index (κ3) is 3.16. The maximum atomic E-state index is 12.7. The van der Waals surface area contributed by atoms with Crippen molar-refractivity contribution in [3.63, 3.8) is 0 Å². The molecule has 0 aliphatic carbocycles. The van der Waals surface area contributed by atoms with Gasteiger partial charge in [-0.25, -0.2) is 0 Å². The van der Waals surface area contributed by atoms with Crippen LogP contribution in [0.3, 0.4) is 0 Å². The number of carbonyl (C=O) groups is 1. The van der Waals surface area contributed by atoms with Crippen molar-refractivity contribution < 1.29 is 4.79 Å². The molecule has 0 N–H and O–H groups in total. The van der Waals surface area contributed by atoms with E-state index in [1.165, 1.54) is 12.8 Å². The minimum Gasteiger partial charge on any atom is -0.339 e. The van der Waals surface area contributed by atoms with Crippen LogP contribution in [0.15, 0.2) is 29.6 Å². The van der Waals surface area contributed by atoms with Gasteiger partial charge in [0, 0.05) is 13.1 Å². The summed E-state index contributed by atoms with van der Waals surface area (Å²) in [5.41, 5.74) is 2.53. The molecule has 1 aliphatic heterocycles. The Morgan fingerprint density at radius 3 is 2.52 bits per heavy atom. The zero-order chi connectivity index (χ0) is 14.7. The summed E-state index contributed by atoms with van der Waals surface area (Å²) in [5, 5.41) is 2.04. The second-order valence-electron chi connectivity index (χ2n) is 5.51. The lowest BCUT2D eigenvalue weighted by Crippen LogP contribution is -2.32. The zero-order valence-electron chi connectivity index (χ0n) is 12.3. The van der Waals surface area contributed by atoms with E-state index in [-0.39, 0.29) is 5.91 Å². The van der Waals surface area contributed by atoms with Gasteiger partial charge in [-0.05, 0) is 43.3 Å². The Labute approximate surface area is 129 Å². The van der Waals surface area contributed by atoms with Crippen LogP contribution in [-0.2, 0) is 0 Å². The number of hydrogen-bond donors (Lipinski definition) is 0. The molecule has 0 saturated carbocycles. The van der Waals surface area contributed by atoms with Gasteiger partial charge in [0.25, 0.3) is 5.91 Å². The molecule has 21 heavy (non-hydrogen) atoms. The first-order valence-corrected chi connectivity index (χ1v) is 8.44. The molecule has 0 unspecified atom stereocenters. The fourth-order valence-electron chi connectivity index (χ4n) is 2.79. The standard InChI is InChI=1S/C17H20N2OS/c1-13-14(17(20)19-10-4-2-3-5-11-19)8-9-15(18-13)16-7-6-12-21-16/h6-9,12H,2-5,10-11H2,1H3. The normalized spacial score (nSPS) is 15.8. The molecule has 0 radical (unpaired) electrons. The van der Waals surface area contributed by atoms with E-state index in [0.29, 0.717) is 0 Å². The molecule has 1 saturated heterocycles. The average Bonchev–Trinajstić information content (AvgIpc) is 2.89. The second-order valence-corrected chi connectivity index (χ2v) is 6.46. The van der Waals surface area contributed by atoms with Gasteiger partial charge in [0.2, 0.25) is 0 Å². The molecule has 1 amide bonds. The fraction of sp³-hybridized carbons (Fsp3) is 0.412. The summed E-state index contributed by atoms with van der Waals surface area (Å²) in [6.45, 7) is 3.69. The topological polar surface area (TPSA) is 33.2 Å². The Hall–Kier alpha value is -1.68. The molecule has 3 heterocycles. The van der Waals surface area contributed by atoms with Crippen LogP contribution in [0.25, 0.3) is 10.6 Å². The summed E-state index contributed by atoms with van der Waals surface area (Å²) in [6.07, 6.45) is 4.70. The number of carbonyl (C=O) groups excluding carboxylic acids is 1. The number of nitrogens with zero attached hydrogens (tertiary/aromatic N) is 2. The number of thiophene rings is 1. The smallest absolute Gasteiger partial charge is 0.255 e. The largest absolute Gasteiger partial charge is 0.339 e. The van der Waals surface area contributed by atoms with E-state index in [4.69, 9.17) is 0 Å². The number of hydrogen-bond acceptors (Lipinski definition) is 3. The number of rotatable bonds is 2. The number of aromatic nitrogens is 1. The minimum absolute atomic E-state index is 0.139. The van der Waals surface area contributed by atoms with E-state index < -0.39 is 0 Å². The van der Waals surface area contributed by atoms with Gasteiger partial charge in [0.15, 0.2) is 0 Å². The van der Waals surface area contributed by atoms with Crippen LogP contribution in [0.1, 0.15) is 41.7 Å². The van der Waals surface area contributed by atoms with E-state index in [1.807, 2.05) is 35.4 Å². The molecule has 2 aromatic rings. The van der Waals surface area contributed by atoms with Crippen molar-refractivity contribution in [3.05, 3.63) is 40.9 Å². The Morgan fingerprint density at radius 2 is 1.90 bits per heavy atom.